The Morgan fingerprint density at radius 2 is 1.38 bits per heavy atom. The molecule has 1 unspecified atom stereocenters. The largest absolute Gasteiger partial charge is 0.494 e. The van der Waals surface area contributed by atoms with Gasteiger partial charge in [0.25, 0.3) is 0 Å². The van der Waals surface area contributed by atoms with Crippen molar-refractivity contribution in [1.82, 2.24) is 9.97 Å². The first kappa shape index (κ1) is 30.8. The van der Waals surface area contributed by atoms with Crippen LogP contribution < -0.4 is 4.74 Å². The molecule has 0 amide bonds. The lowest BCUT2D eigenvalue weighted by molar-refractivity contribution is 0.0325. The first-order valence-corrected chi connectivity index (χ1v) is 15.8. The number of rotatable bonds is 19. The average molecular weight is 551 g/mol. The second-order valence-corrected chi connectivity index (χ2v) is 11.5. The highest BCUT2D eigenvalue weighted by atomic mass is 32.1. The van der Waals surface area contributed by atoms with Crippen molar-refractivity contribution in [3.63, 3.8) is 0 Å². The summed E-state index contributed by atoms with van der Waals surface area (Å²) in [6.45, 7) is 7.18. The quantitative estimate of drug-likeness (QED) is 0.110. The predicted molar refractivity (Wildman–Crippen MR) is 163 cm³/mol. The van der Waals surface area contributed by atoms with Gasteiger partial charge in [0, 0.05) is 28.4 Å². The van der Waals surface area contributed by atoms with Crippen LogP contribution in [0.25, 0.3) is 21.8 Å². The fourth-order valence-electron chi connectivity index (χ4n) is 4.49. The molecule has 0 N–H and O–H groups in total. The second-order valence-electron chi connectivity index (χ2n) is 10.4. The molecule has 0 fully saturated rings. The van der Waals surface area contributed by atoms with E-state index >= 15 is 0 Å². The summed E-state index contributed by atoms with van der Waals surface area (Å²) in [5.74, 6) is 1.30. The summed E-state index contributed by atoms with van der Waals surface area (Å²) in [7, 11) is 0. The topological polar surface area (TPSA) is 61.3 Å². The van der Waals surface area contributed by atoms with Crippen molar-refractivity contribution >= 4 is 17.3 Å². The van der Waals surface area contributed by atoms with E-state index in [-0.39, 0.29) is 12.1 Å². The van der Waals surface area contributed by atoms with Gasteiger partial charge < -0.3 is 9.47 Å². The van der Waals surface area contributed by atoms with Gasteiger partial charge >= 0.3 is 5.97 Å². The monoisotopic (exact) mass is 550 g/mol. The van der Waals surface area contributed by atoms with Gasteiger partial charge in [-0.3, -0.25) is 0 Å². The highest BCUT2D eigenvalue weighted by Gasteiger charge is 2.15. The van der Waals surface area contributed by atoms with Crippen LogP contribution in [0, 0.1) is 0 Å². The molecule has 2 aromatic heterocycles. The highest BCUT2D eigenvalue weighted by Crippen LogP contribution is 2.29. The van der Waals surface area contributed by atoms with Crippen LogP contribution in [0.1, 0.15) is 114 Å². The van der Waals surface area contributed by atoms with Crippen LogP contribution in [-0.2, 0) is 4.74 Å². The Labute approximate surface area is 239 Å². The number of ether oxygens (including phenoxy) is 2. The van der Waals surface area contributed by atoms with Gasteiger partial charge in [-0.05, 0) is 62.6 Å². The van der Waals surface area contributed by atoms with Gasteiger partial charge in [-0.15, -0.1) is 11.3 Å². The fraction of sp³-hybridized carbons (Fsp3) is 0.545. The number of esters is 1. The molecule has 0 radical (unpaired) electrons. The Kier molecular flexibility index (Phi) is 14.0. The van der Waals surface area contributed by atoms with E-state index in [4.69, 9.17) is 9.47 Å². The molecule has 0 aliphatic rings. The van der Waals surface area contributed by atoms with Crippen molar-refractivity contribution in [3.8, 4) is 27.6 Å². The van der Waals surface area contributed by atoms with Crippen LogP contribution in [0.3, 0.4) is 0 Å². The second kappa shape index (κ2) is 17.8. The normalized spacial score (nSPS) is 11.9. The van der Waals surface area contributed by atoms with Crippen LogP contribution in [0.5, 0.6) is 5.75 Å². The number of unbranched alkanes of at least 4 members (excludes halogenated alkanes) is 10. The molecule has 0 saturated heterocycles. The third-order valence-electron chi connectivity index (χ3n) is 6.90. The van der Waals surface area contributed by atoms with Crippen molar-refractivity contribution in [2.45, 2.75) is 110 Å². The average Bonchev–Trinajstić information content (AvgIpc) is 3.46. The summed E-state index contributed by atoms with van der Waals surface area (Å²) in [5.41, 5.74) is 1.84. The lowest BCUT2D eigenvalue weighted by Gasteiger charge is -2.12. The van der Waals surface area contributed by atoms with Crippen LogP contribution >= 0.6 is 11.3 Å². The lowest BCUT2D eigenvalue weighted by Crippen LogP contribution is -2.14. The van der Waals surface area contributed by atoms with Crippen LogP contribution in [-0.4, -0.2) is 28.6 Å². The number of hydrogen-bond donors (Lipinski definition) is 0. The maximum Gasteiger partial charge on any atom is 0.348 e. The van der Waals surface area contributed by atoms with E-state index in [1.54, 1.807) is 0 Å². The number of aromatic nitrogens is 2. The van der Waals surface area contributed by atoms with E-state index in [0.29, 0.717) is 10.7 Å². The Bertz CT molecular complexity index is 1080. The van der Waals surface area contributed by atoms with E-state index in [2.05, 4.69) is 23.8 Å². The zero-order valence-corrected chi connectivity index (χ0v) is 24.9. The SMILES string of the molecule is CCCCCCCCCCOc1ccc(-c2ncc(-c3ccc(C(=O)OC(C)CCCCCC)s3)cn2)cc1. The van der Waals surface area contributed by atoms with Gasteiger partial charge in [-0.2, -0.15) is 0 Å². The van der Waals surface area contributed by atoms with Gasteiger partial charge in [0.15, 0.2) is 5.82 Å². The summed E-state index contributed by atoms with van der Waals surface area (Å²) in [6, 6.07) is 11.7. The maximum atomic E-state index is 12.6. The van der Waals surface area contributed by atoms with Crippen LogP contribution in [0.4, 0.5) is 0 Å². The van der Waals surface area contributed by atoms with E-state index < -0.39 is 0 Å². The van der Waals surface area contributed by atoms with Crippen LogP contribution in [0.15, 0.2) is 48.8 Å². The minimum atomic E-state index is -0.253. The van der Waals surface area contributed by atoms with Crippen molar-refractivity contribution in [3.05, 3.63) is 53.7 Å². The first-order valence-electron chi connectivity index (χ1n) is 15.0. The molecule has 0 saturated carbocycles. The molecule has 1 aromatic carbocycles. The number of nitrogens with zero attached hydrogens (tertiary/aromatic N) is 2. The minimum Gasteiger partial charge on any atom is -0.494 e. The molecule has 3 aromatic rings. The molecule has 39 heavy (non-hydrogen) atoms. The van der Waals surface area contributed by atoms with E-state index in [9.17, 15) is 4.79 Å². The summed E-state index contributed by atoms with van der Waals surface area (Å²) in [4.78, 5) is 23.3. The number of carbonyl (C=O) groups is 1. The number of thiophene rings is 1. The Balaban J connectivity index is 1.42. The number of hydrogen-bond acceptors (Lipinski definition) is 6. The van der Waals surface area contributed by atoms with Gasteiger partial charge in [0.1, 0.15) is 10.6 Å². The summed E-state index contributed by atoms with van der Waals surface area (Å²) in [6.07, 6.45) is 19.6. The van der Waals surface area contributed by atoms with Crippen LogP contribution in [0.2, 0.25) is 0 Å². The van der Waals surface area contributed by atoms with E-state index in [0.717, 1.165) is 47.6 Å². The standard InChI is InChI=1S/C33H46N2O3S/c1-4-6-8-10-11-12-13-15-23-37-29-19-17-27(18-20-29)32-34-24-28(25-35-32)30-21-22-31(39-30)33(36)38-26(3)16-14-9-7-5-2/h17-22,24-26H,4-16,23H2,1-3H3. The zero-order chi connectivity index (χ0) is 27.7. The summed E-state index contributed by atoms with van der Waals surface area (Å²) in [5, 5.41) is 0. The Hall–Kier alpha value is -2.73. The highest BCUT2D eigenvalue weighted by molar-refractivity contribution is 7.17. The summed E-state index contributed by atoms with van der Waals surface area (Å²) >= 11 is 1.42. The molecular formula is C33H46N2O3S. The summed E-state index contributed by atoms with van der Waals surface area (Å²) < 4.78 is 11.6. The van der Waals surface area contributed by atoms with Gasteiger partial charge in [-0.1, -0.05) is 78.1 Å². The first-order chi connectivity index (χ1) is 19.1. The molecule has 212 valence electrons. The van der Waals surface area contributed by atoms with Gasteiger partial charge in [-0.25, -0.2) is 14.8 Å². The third-order valence-corrected chi connectivity index (χ3v) is 8.01. The number of carbonyl (C=O) groups excluding carboxylic acids is 1. The molecular weight excluding hydrogens is 504 g/mol. The minimum absolute atomic E-state index is 0.0654. The van der Waals surface area contributed by atoms with Gasteiger partial charge in [0.2, 0.25) is 0 Å². The molecule has 3 rings (SSSR count). The Morgan fingerprint density at radius 3 is 2.05 bits per heavy atom. The van der Waals surface area contributed by atoms with Crippen molar-refractivity contribution in [1.29, 1.82) is 0 Å². The Morgan fingerprint density at radius 1 is 0.769 bits per heavy atom. The van der Waals surface area contributed by atoms with Crippen molar-refractivity contribution in [2.24, 2.45) is 0 Å². The fourth-order valence-corrected chi connectivity index (χ4v) is 5.36. The molecule has 5 nitrogen and oxygen atoms in total. The molecule has 1 atom stereocenters. The molecule has 0 aliphatic carbocycles. The molecule has 0 aliphatic heterocycles. The molecule has 6 heteroatoms. The van der Waals surface area contributed by atoms with Crippen molar-refractivity contribution < 1.29 is 14.3 Å². The molecule has 0 bridgehead atoms. The third kappa shape index (κ3) is 11.1. The lowest BCUT2D eigenvalue weighted by atomic mass is 10.1. The van der Waals surface area contributed by atoms with E-state index in [1.165, 1.54) is 75.5 Å². The molecule has 2 heterocycles. The van der Waals surface area contributed by atoms with Crippen molar-refractivity contribution in [2.75, 3.05) is 6.61 Å². The maximum absolute atomic E-state index is 12.6. The number of benzene rings is 1. The zero-order valence-electron chi connectivity index (χ0n) is 24.1. The van der Waals surface area contributed by atoms with E-state index in [1.807, 2.05) is 55.7 Å². The predicted octanol–water partition coefficient (Wildman–Crippen LogP) is 9.91. The van der Waals surface area contributed by atoms with Gasteiger partial charge in [0.05, 0.1) is 12.7 Å². The smallest absolute Gasteiger partial charge is 0.348 e. The molecule has 0 spiro atoms.